The Morgan fingerprint density at radius 2 is 2.32 bits per heavy atom. The van der Waals surface area contributed by atoms with Gasteiger partial charge in [0.05, 0.1) is 12.5 Å². The fraction of sp³-hybridized carbons (Fsp3) is 0.385. The fourth-order valence-electron chi connectivity index (χ4n) is 2.86. The first kappa shape index (κ1) is 12.4. The third-order valence-corrected chi connectivity index (χ3v) is 4.10. The third kappa shape index (κ3) is 1.73. The molecular weight excluding hydrogens is 268 g/mol. The number of rotatable bonds is 1. The second-order valence-electron chi connectivity index (χ2n) is 4.89. The van der Waals surface area contributed by atoms with Crippen molar-refractivity contribution in [1.82, 2.24) is 5.32 Å². The van der Waals surface area contributed by atoms with E-state index >= 15 is 0 Å². The van der Waals surface area contributed by atoms with Crippen LogP contribution in [-0.4, -0.2) is 31.6 Å². The van der Waals surface area contributed by atoms with E-state index in [-0.39, 0.29) is 11.9 Å². The van der Waals surface area contributed by atoms with E-state index in [1.165, 1.54) is 7.11 Å². The van der Waals surface area contributed by atoms with Crippen molar-refractivity contribution in [3.63, 3.8) is 0 Å². The Labute approximate surface area is 115 Å². The van der Waals surface area contributed by atoms with Crippen molar-refractivity contribution in [2.24, 2.45) is 0 Å². The summed E-state index contributed by atoms with van der Waals surface area (Å²) >= 11 is 6.01. The summed E-state index contributed by atoms with van der Waals surface area (Å²) in [6.07, 6.45) is 0.388. The largest absolute Gasteiger partial charge is 0.468 e. The molecular formula is C13H13ClN2O3. The number of anilines is 1. The Balaban J connectivity index is 2.00. The molecule has 1 aromatic rings. The summed E-state index contributed by atoms with van der Waals surface area (Å²) in [4.78, 5) is 23.9. The zero-order valence-corrected chi connectivity index (χ0v) is 11.1. The van der Waals surface area contributed by atoms with Crippen LogP contribution in [0.3, 0.4) is 0 Å². The number of hydrogen-bond donors (Lipinski definition) is 2. The molecule has 5 nitrogen and oxygen atoms in total. The molecule has 6 heteroatoms. The first-order valence-corrected chi connectivity index (χ1v) is 6.37. The first-order valence-electron chi connectivity index (χ1n) is 5.99. The molecule has 2 aliphatic heterocycles. The van der Waals surface area contributed by atoms with Crippen molar-refractivity contribution < 1.29 is 14.3 Å². The van der Waals surface area contributed by atoms with Crippen molar-refractivity contribution in [1.29, 1.82) is 0 Å². The third-order valence-electron chi connectivity index (χ3n) is 3.87. The second-order valence-corrected chi connectivity index (χ2v) is 5.32. The number of carbonyl (C=O) groups is 2. The molecule has 1 saturated heterocycles. The van der Waals surface area contributed by atoms with Crippen molar-refractivity contribution in [3.8, 4) is 0 Å². The molecule has 0 bridgehead atoms. The monoisotopic (exact) mass is 280 g/mol. The number of benzene rings is 1. The molecule has 1 amide bonds. The van der Waals surface area contributed by atoms with Crippen LogP contribution in [0.25, 0.3) is 0 Å². The van der Waals surface area contributed by atoms with Crippen LogP contribution in [0.15, 0.2) is 18.2 Å². The molecule has 3 rings (SSSR count). The van der Waals surface area contributed by atoms with Crippen molar-refractivity contribution in [2.75, 3.05) is 19.0 Å². The molecule has 100 valence electrons. The molecule has 1 aromatic carbocycles. The van der Waals surface area contributed by atoms with E-state index in [4.69, 9.17) is 16.3 Å². The van der Waals surface area contributed by atoms with Gasteiger partial charge in [-0.25, -0.2) is 0 Å². The van der Waals surface area contributed by atoms with Crippen molar-refractivity contribution >= 4 is 29.2 Å². The van der Waals surface area contributed by atoms with Gasteiger partial charge in [-0.2, -0.15) is 0 Å². The molecule has 0 unspecified atom stereocenters. The number of halogens is 1. The maximum atomic E-state index is 12.3. The molecule has 0 saturated carbocycles. The molecule has 2 N–H and O–H groups in total. The number of hydrogen-bond acceptors (Lipinski definition) is 4. The van der Waals surface area contributed by atoms with Gasteiger partial charge in [0.2, 0.25) is 5.91 Å². The zero-order chi connectivity index (χ0) is 13.6. The average molecular weight is 281 g/mol. The number of carbonyl (C=O) groups excluding carboxylic acids is 2. The zero-order valence-electron chi connectivity index (χ0n) is 10.3. The highest BCUT2D eigenvalue weighted by atomic mass is 35.5. The van der Waals surface area contributed by atoms with E-state index in [2.05, 4.69) is 10.6 Å². The summed E-state index contributed by atoms with van der Waals surface area (Å²) in [6.45, 7) is 0.409. The molecule has 2 heterocycles. The summed E-state index contributed by atoms with van der Waals surface area (Å²) in [5, 5.41) is 6.48. The highest BCUT2D eigenvalue weighted by molar-refractivity contribution is 6.31. The summed E-state index contributed by atoms with van der Waals surface area (Å²) in [6, 6.07) is 4.85. The van der Waals surface area contributed by atoms with Gasteiger partial charge in [0.25, 0.3) is 0 Å². The van der Waals surface area contributed by atoms with Gasteiger partial charge in [-0.3, -0.25) is 9.59 Å². The van der Waals surface area contributed by atoms with Gasteiger partial charge < -0.3 is 15.4 Å². The van der Waals surface area contributed by atoms with E-state index in [0.717, 1.165) is 11.3 Å². The highest BCUT2D eigenvalue weighted by Crippen LogP contribution is 2.44. The molecule has 19 heavy (non-hydrogen) atoms. The molecule has 0 aromatic heterocycles. The first-order chi connectivity index (χ1) is 9.06. The summed E-state index contributed by atoms with van der Waals surface area (Å²) in [7, 11) is 1.34. The van der Waals surface area contributed by atoms with Crippen LogP contribution >= 0.6 is 11.6 Å². The van der Waals surface area contributed by atoms with Gasteiger partial charge in [-0.05, 0) is 30.2 Å². The van der Waals surface area contributed by atoms with E-state index in [1.54, 1.807) is 18.2 Å². The van der Waals surface area contributed by atoms with Crippen LogP contribution < -0.4 is 10.6 Å². The Kier molecular flexibility index (Phi) is 2.76. The molecule has 0 aliphatic carbocycles. The lowest BCUT2D eigenvalue weighted by Gasteiger charge is -2.20. The molecule has 1 spiro atoms. The SMILES string of the molecule is COC(=O)[C@@H]1C[C@@]2(CN1)C(=O)Nc1ccc(Cl)cc12. The van der Waals surface area contributed by atoms with Gasteiger partial charge in [-0.1, -0.05) is 11.6 Å². The Bertz CT molecular complexity index is 575. The van der Waals surface area contributed by atoms with Crippen LogP contribution in [0.2, 0.25) is 5.02 Å². The molecule has 1 fully saturated rings. The lowest BCUT2D eigenvalue weighted by molar-refractivity contribution is -0.142. The topological polar surface area (TPSA) is 67.4 Å². The van der Waals surface area contributed by atoms with Crippen molar-refractivity contribution in [3.05, 3.63) is 28.8 Å². The van der Waals surface area contributed by atoms with E-state index in [0.29, 0.717) is 18.0 Å². The average Bonchev–Trinajstić information content (AvgIpc) is 2.95. The highest BCUT2D eigenvalue weighted by Gasteiger charge is 2.53. The maximum absolute atomic E-state index is 12.3. The van der Waals surface area contributed by atoms with Crippen molar-refractivity contribution in [2.45, 2.75) is 17.9 Å². The lowest BCUT2D eigenvalue weighted by Crippen LogP contribution is -2.36. The summed E-state index contributed by atoms with van der Waals surface area (Å²) in [5.74, 6) is -0.441. The number of methoxy groups -OCH3 is 1. The van der Waals surface area contributed by atoms with Crippen LogP contribution in [0.5, 0.6) is 0 Å². The molecule has 0 radical (unpaired) electrons. The Morgan fingerprint density at radius 3 is 3.05 bits per heavy atom. The Hall–Kier alpha value is -1.59. The standard InChI is InChI=1S/C13H13ClN2O3/c1-19-11(17)10-5-13(6-15-10)8-4-7(14)2-3-9(8)16-12(13)18/h2-4,10,15H,5-6H2,1H3,(H,16,18)/t10-,13-/m0/s1. The lowest BCUT2D eigenvalue weighted by atomic mass is 9.79. The number of nitrogens with one attached hydrogen (secondary N) is 2. The predicted octanol–water partition coefficient (Wildman–Crippen LogP) is 1.06. The predicted molar refractivity (Wildman–Crippen MR) is 70.2 cm³/mol. The van der Waals surface area contributed by atoms with E-state index < -0.39 is 11.5 Å². The number of amides is 1. The van der Waals surface area contributed by atoms with Gasteiger partial charge in [-0.15, -0.1) is 0 Å². The van der Waals surface area contributed by atoms with Gasteiger partial charge in [0, 0.05) is 17.3 Å². The normalized spacial score (nSPS) is 28.3. The minimum Gasteiger partial charge on any atom is -0.468 e. The van der Waals surface area contributed by atoms with Gasteiger partial charge in [0.15, 0.2) is 0 Å². The van der Waals surface area contributed by atoms with Gasteiger partial charge in [0.1, 0.15) is 6.04 Å². The minimum absolute atomic E-state index is 0.0938. The summed E-state index contributed by atoms with van der Waals surface area (Å²) < 4.78 is 4.72. The second kappa shape index (κ2) is 4.21. The van der Waals surface area contributed by atoms with Crippen LogP contribution in [0.4, 0.5) is 5.69 Å². The van der Waals surface area contributed by atoms with Crippen LogP contribution in [0, 0.1) is 0 Å². The Morgan fingerprint density at radius 1 is 1.53 bits per heavy atom. The van der Waals surface area contributed by atoms with Gasteiger partial charge >= 0.3 is 5.97 Å². The maximum Gasteiger partial charge on any atom is 0.322 e. The fourth-order valence-corrected chi connectivity index (χ4v) is 3.04. The quantitative estimate of drug-likeness (QED) is 0.755. The smallest absolute Gasteiger partial charge is 0.322 e. The molecule has 2 aliphatic rings. The van der Waals surface area contributed by atoms with Crippen LogP contribution in [-0.2, 0) is 19.7 Å². The summed E-state index contributed by atoms with van der Waals surface area (Å²) in [5.41, 5.74) is 0.893. The molecule has 2 atom stereocenters. The van der Waals surface area contributed by atoms with E-state index in [1.807, 2.05) is 0 Å². The van der Waals surface area contributed by atoms with E-state index in [9.17, 15) is 9.59 Å². The number of ether oxygens (including phenoxy) is 1. The van der Waals surface area contributed by atoms with Crippen LogP contribution in [0.1, 0.15) is 12.0 Å². The number of esters is 1. The number of fused-ring (bicyclic) bond motifs is 2. The minimum atomic E-state index is -0.723.